The number of carbonyl (C=O) groups is 1. The maximum atomic E-state index is 12.9. The van der Waals surface area contributed by atoms with Crippen LogP contribution in [0, 0.1) is 34.3 Å². The van der Waals surface area contributed by atoms with E-state index in [9.17, 15) is 14.9 Å². The molecule has 0 saturated heterocycles. The first kappa shape index (κ1) is 22.8. The summed E-state index contributed by atoms with van der Waals surface area (Å²) in [6.07, 6.45) is 11.0. The lowest BCUT2D eigenvalue weighted by Crippen LogP contribution is -2.58. The number of nitrogens with zero attached hydrogens (tertiary/aromatic N) is 5. The van der Waals surface area contributed by atoms with E-state index in [1.165, 1.54) is 6.42 Å². The summed E-state index contributed by atoms with van der Waals surface area (Å²) >= 11 is 9.68. The minimum Gasteiger partial charge on any atom is -0.358 e. The maximum absolute atomic E-state index is 12.9. The molecule has 0 aliphatic heterocycles. The number of aromatic nitrogens is 4. The molecule has 0 radical (unpaired) electrons. The molecule has 4 fully saturated rings. The van der Waals surface area contributed by atoms with Crippen LogP contribution in [0.2, 0.25) is 5.02 Å². The van der Waals surface area contributed by atoms with Crippen molar-refractivity contribution in [2.45, 2.75) is 70.4 Å². The van der Waals surface area contributed by atoms with Crippen LogP contribution in [0.3, 0.4) is 0 Å². The van der Waals surface area contributed by atoms with Gasteiger partial charge in [-0.15, -0.1) is 0 Å². The van der Waals surface area contributed by atoms with Crippen molar-refractivity contribution in [3.05, 3.63) is 37.7 Å². The SMILES string of the molecule is Cc1c(Cl)c([N+](=O)[O-])nn1C12CC3CC(CC(CC(=O)NCCCn4cc(Br)cn4)(C3)C1)C2. The van der Waals surface area contributed by atoms with Crippen LogP contribution >= 0.6 is 27.5 Å². The first-order valence-electron chi connectivity index (χ1n) is 11.5. The van der Waals surface area contributed by atoms with Crippen LogP contribution in [0.4, 0.5) is 5.82 Å². The fourth-order valence-electron chi connectivity index (χ4n) is 7.24. The molecule has 0 aromatic carbocycles. The zero-order chi connectivity index (χ0) is 23.4. The summed E-state index contributed by atoms with van der Waals surface area (Å²) in [6.45, 7) is 3.19. The second-order valence-electron chi connectivity index (χ2n) is 10.4. The minimum absolute atomic E-state index is 0.0688. The smallest absolute Gasteiger partial charge is 0.358 e. The number of amides is 1. The summed E-state index contributed by atoms with van der Waals surface area (Å²) in [5, 5.41) is 23.3. The van der Waals surface area contributed by atoms with Crippen LogP contribution in [-0.2, 0) is 16.9 Å². The quantitative estimate of drug-likeness (QED) is 0.300. The lowest BCUT2D eigenvalue weighted by molar-refractivity contribution is -0.389. The summed E-state index contributed by atoms with van der Waals surface area (Å²) in [5.74, 6) is 0.883. The highest BCUT2D eigenvalue weighted by molar-refractivity contribution is 9.10. The Hall–Kier alpha value is -1.94. The molecule has 11 heteroatoms. The van der Waals surface area contributed by atoms with Crippen molar-refractivity contribution in [1.29, 1.82) is 0 Å². The first-order valence-corrected chi connectivity index (χ1v) is 12.7. The van der Waals surface area contributed by atoms with Crippen molar-refractivity contribution in [3.63, 3.8) is 0 Å². The molecule has 1 N–H and O–H groups in total. The number of rotatable bonds is 8. The average molecular weight is 540 g/mol. The average Bonchev–Trinajstić information content (AvgIpc) is 3.27. The molecule has 6 rings (SSSR count). The molecule has 2 heterocycles. The Bertz CT molecular complexity index is 1080. The van der Waals surface area contributed by atoms with Gasteiger partial charge in [0.25, 0.3) is 0 Å². The number of hydrogen-bond donors (Lipinski definition) is 1. The summed E-state index contributed by atoms with van der Waals surface area (Å²) in [6, 6.07) is 0. The van der Waals surface area contributed by atoms with Gasteiger partial charge in [-0.05, 0) is 90.0 Å². The molecule has 4 saturated carbocycles. The van der Waals surface area contributed by atoms with Gasteiger partial charge in [-0.1, -0.05) is 11.6 Å². The summed E-state index contributed by atoms with van der Waals surface area (Å²) in [4.78, 5) is 23.8. The fourth-order valence-corrected chi connectivity index (χ4v) is 7.75. The van der Waals surface area contributed by atoms with Gasteiger partial charge >= 0.3 is 5.82 Å². The van der Waals surface area contributed by atoms with Gasteiger partial charge in [0, 0.05) is 25.7 Å². The lowest BCUT2D eigenvalue weighted by Gasteiger charge is -2.61. The number of aryl methyl sites for hydroxylation is 1. The van der Waals surface area contributed by atoms with Crippen molar-refractivity contribution in [3.8, 4) is 0 Å². The van der Waals surface area contributed by atoms with Crippen molar-refractivity contribution in [1.82, 2.24) is 24.9 Å². The third-order valence-electron chi connectivity index (χ3n) is 7.82. The highest BCUT2D eigenvalue weighted by Crippen LogP contribution is 2.65. The van der Waals surface area contributed by atoms with Gasteiger partial charge in [-0.3, -0.25) is 9.48 Å². The largest absolute Gasteiger partial charge is 0.408 e. The molecule has 2 unspecified atom stereocenters. The van der Waals surface area contributed by atoms with Crippen LogP contribution < -0.4 is 5.32 Å². The van der Waals surface area contributed by atoms with Crippen LogP contribution in [0.1, 0.15) is 57.1 Å². The van der Waals surface area contributed by atoms with E-state index in [4.69, 9.17) is 11.6 Å². The summed E-state index contributed by atoms with van der Waals surface area (Å²) in [5.41, 5.74) is 0.315. The predicted molar refractivity (Wildman–Crippen MR) is 126 cm³/mol. The number of nitrogens with one attached hydrogen (secondary N) is 1. The van der Waals surface area contributed by atoms with E-state index in [1.807, 2.05) is 22.5 Å². The minimum atomic E-state index is -0.502. The summed E-state index contributed by atoms with van der Waals surface area (Å²) < 4.78 is 4.65. The van der Waals surface area contributed by atoms with Crippen molar-refractivity contribution in [2.75, 3.05) is 6.54 Å². The molecule has 0 spiro atoms. The van der Waals surface area contributed by atoms with Crippen molar-refractivity contribution >= 4 is 39.3 Å². The third kappa shape index (κ3) is 4.20. The van der Waals surface area contributed by atoms with Gasteiger partial charge in [0.2, 0.25) is 5.91 Å². The molecular formula is C22H28BrClN6O3. The second kappa shape index (κ2) is 8.37. The summed E-state index contributed by atoms with van der Waals surface area (Å²) in [7, 11) is 0. The van der Waals surface area contributed by atoms with Gasteiger partial charge in [0.15, 0.2) is 5.02 Å². The molecule has 2 aromatic rings. The van der Waals surface area contributed by atoms with Gasteiger partial charge < -0.3 is 15.4 Å². The van der Waals surface area contributed by atoms with E-state index >= 15 is 0 Å². The Balaban J connectivity index is 1.28. The molecule has 4 aliphatic rings. The van der Waals surface area contributed by atoms with Crippen molar-refractivity contribution < 1.29 is 9.72 Å². The van der Waals surface area contributed by atoms with Crippen molar-refractivity contribution in [2.24, 2.45) is 17.3 Å². The molecule has 9 nitrogen and oxygen atoms in total. The zero-order valence-corrected chi connectivity index (χ0v) is 20.9. The van der Waals surface area contributed by atoms with Crippen LogP contribution in [0.15, 0.2) is 16.9 Å². The molecule has 178 valence electrons. The van der Waals surface area contributed by atoms with Crippen LogP contribution in [-0.4, -0.2) is 36.9 Å². The Morgan fingerprint density at radius 2 is 2.09 bits per heavy atom. The third-order valence-corrected chi connectivity index (χ3v) is 8.68. The Morgan fingerprint density at radius 3 is 2.70 bits per heavy atom. The standard InChI is InChI=1S/C22H28BrClN6O3/c1-14-19(24)20(30(32)33)27-29(14)22-8-15-5-16(9-22)7-21(6-15,13-22)10-18(31)25-3-2-4-28-12-17(23)11-26-28/h11-12,15-16H,2-10,13H2,1H3,(H,25,31). The number of nitro groups is 1. The topological polar surface area (TPSA) is 108 Å². The van der Waals surface area contributed by atoms with Gasteiger partial charge in [0.05, 0.1) is 27.0 Å². The Labute approximate surface area is 205 Å². The fraction of sp³-hybridized carbons (Fsp3) is 0.682. The van der Waals surface area contributed by atoms with E-state index < -0.39 is 4.92 Å². The van der Waals surface area contributed by atoms with Crippen LogP contribution in [0.5, 0.6) is 0 Å². The molecular weight excluding hydrogens is 512 g/mol. The Morgan fingerprint density at radius 1 is 1.36 bits per heavy atom. The molecule has 1 amide bonds. The number of halogens is 2. The zero-order valence-electron chi connectivity index (χ0n) is 18.6. The predicted octanol–water partition coefficient (Wildman–Crippen LogP) is 4.60. The van der Waals surface area contributed by atoms with Gasteiger partial charge in [-0.2, -0.15) is 9.78 Å². The van der Waals surface area contributed by atoms with Gasteiger partial charge in [-0.25, -0.2) is 0 Å². The van der Waals surface area contributed by atoms with E-state index in [0.717, 1.165) is 49.5 Å². The highest BCUT2D eigenvalue weighted by Gasteiger charge is 2.60. The lowest BCUT2D eigenvalue weighted by atomic mass is 9.46. The molecule has 33 heavy (non-hydrogen) atoms. The highest BCUT2D eigenvalue weighted by atomic mass is 79.9. The number of hydrogen-bond acceptors (Lipinski definition) is 5. The molecule has 4 bridgehead atoms. The molecule has 4 aliphatic carbocycles. The number of carbonyl (C=O) groups excluding carboxylic acids is 1. The monoisotopic (exact) mass is 538 g/mol. The normalized spacial score (nSPS) is 30.0. The van der Waals surface area contributed by atoms with E-state index in [-0.39, 0.29) is 27.7 Å². The molecule has 2 atom stereocenters. The second-order valence-corrected chi connectivity index (χ2v) is 11.7. The van der Waals surface area contributed by atoms with Crippen LogP contribution in [0.25, 0.3) is 0 Å². The van der Waals surface area contributed by atoms with Gasteiger partial charge in [0.1, 0.15) is 0 Å². The first-order chi connectivity index (χ1) is 15.7. The maximum Gasteiger partial charge on any atom is 0.408 e. The van der Waals surface area contributed by atoms with E-state index in [2.05, 4.69) is 31.4 Å². The van der Waals surface area contributed by atoms with E-state index in [0.29, 0.717) is 30.5 Å². The Kier molecular flexibility index (Phi) is 5.79. The van der Waals surface area contributed by atoms with E-state index in [1.54, 1.807) is 6.20 Å². The molecule has 2 aromatic heterocycles.